The molecule has 0 aromatic heterocycles. The monoisotopic (exact) mass is 308 g/mol. The van der Waals surface area contributed by atoms with Crippen molar-refractivity contribution in [1.82, 2.24) is 0 Å². The normalized spacial score (nSPS) is 27.6. The zero-order valence-electron chi connectivity index (χ0n) is 8.25. The SMILES string of the molecule is CC(=O)[C@H]1CC(C/C(C)=C/I)OC1=O. The largest absolute Gasteiger partial charge is 0.461 e. The Bertz CT molecular complexity index is 283. The quantitative estimate of drug-likeness (QED) is 0.456. The molecule has 1 saturated heterocycles. The predicted octanol–water partition coefficient (Wildman–Crippen LogP) is 2.24. The first-order chi connectivity index (χ1) is 6.54. The van der Waals surface area contributed by atoms with Crippen molar-refractivity contribution in [3.05, 3.63) is 9.66 Å². The second kappa shape index (κ2) is 4.91. The average molecular weight is 308 g/mol. The van der Waals surface area contributed by atoms with Crippen LogP contribution in [-0.4, -0.2) is 17.9 Å². The molecule has 1 rings (SSSR count). The van der Waals surface area contributed by atoms with Gasteiger partial charge in [0.2, 0.25) is 0 Å². The van der Waals surface area contributed by atoms with Crippen LogP contribution in [0.3, 0.4) is 0 Å². The third-order valence-electron chi connectivity index (χ3n) is 2.29. The van der Waals surface area contributed by atoms with Crippen LogP contribution in [0.1, 0.15) is 26.7 Å². The topological polar surface area (TPSA) is 43.4 Å². The van der Waals surface area contributed by atoms with Crippen LogP contribution in [0.25, 0.3) is 0 Å². The van der Waals surface area contributed by atoms with Gasteiger partial charge in [-0.15, -0.1) is 0 Å². The molecule has 0 N–H and O–H groups in total. The number of cyclic esters (lactones) is 1. The summed E-state index contributed by atoms with van der Waals surface area (Å²) in [4.78, 5) is 22.3. The summed E-state index contributed by atoms with van der Waals surface area (Å²) in [6.07, 6.45) is 1.16. The Labute approximate surface area is 97.0 Å². The highest BCUT2D eigenvalue weighted by atomic mass is 127. The number of esters is 1. The third-order valence-corrected chi connectivity index (χ3v) is 3.36. The number of ether oxygens (including phenoxy) is 1. The van der Waals surface area contributed by atoms with E-state index in [1.165, 1.54) is 12.5 Å². The number of carbonyl (C=O) groups is 2. The van der Waals surface area contributed by atoms with Crippen LogP contribution in [0.2, 0.25) is 0 Å². The van der Waals surface area contributed by atoms with Gasteiger partial charge in [-0.25, -0.2) is 0 Å². The smallest absolute Gasteiger partial charge is 0.316 e. The van der Waals surface area contributed by atoms with E-state index in [0.29, 0.717) is 6.42 Å². The minimum atomic E-state index is -0.526. The van der Waals surface area contributed by atoms with E-state index >= 15 is 0 Å². The Morgan fingerprint density at radius 3 is 2.71 bits per heavy atom. The molecule has 0 aromatic rings. The van der Waals surface area contributed by atoms with Crippen molar-refractivity contribution in [2.24, 2.45) is 5.92 Å². The molecule has 0 amide bonds. The predicted molar refractivity (Wildman–Crippen MR) is 61.1 cm³/mol. The molecule has 0 aromatic carbocycles. The molecule has 1 fully saturated rings. The highest BCUT2D eigenvalue weighted by molar-refractivity contribution is 14.1. The Hall–Kier alpha value is -0.390. The molecule has 1 aliphatic rings. The molecule has 0 bridgehead atoms. The molecule has 0 spiro atoms. The molecule has 1 unspecified atom stereocenters. The van der Waals surface area contributed by atoms with Crippen LogP contribution in [0, 0.1) is 5.92 Å². The van der Waals surface area contributed by atoms with Crippen LogP contribution in [0.5, 0.6) is 0 Å². The summed E-state index contributed by atoms with van der Waals surface area (Å²) in [5.41, 5.74) is 1.17. The second-order valence-corrected chi connectivity index (χ2v) is 4.24. The molecule has 14 heavy (non-hydrogen) atoms. The fraction of sp³-hybridized carbons (Fsp3) is 0.600. The first-order valence-electron chi connectivity index (χ1n) is 4.51. The van der Waals surface area contributed by atoms with E-state index in [4.69, 9.17) is 4.74 Å². The Balaban J connectivity index is 2.55. The lowest BCUT2D eigenvalue weighted by Crippen LogP contribution is -2.15. The van der Waals surface area contributed by atoms with Gasteiger partial charge in [0.1, 0.15) is 17.8 Å². The van der Waals surface area contributed by atoms with Crippen LogP contribution in [-0.2, 0) is 14.3 Å². The second-order valence-electron chi connectivity index (χ2n) is 3.62. The van der Waals surface area contributed by atoms with Crippen molar-refractivity contribution in [3.8, 4) is 0 Å². The molecule has 2 atom stereocenters. The molecular weight excluding hydrogens is 295 g/mol. The van der Waals surface area contributed by atoms with Crippen molar-refractivity contribution in [3.63, 3.8) is 0 Å². The van der Waals surface area contributed by atoms with Gasteiger partial charge in [0, 0.05) is 12.8 Å². The number of Topliss-reactive ketones (excluding diaryl/α,β-unsaturated/α-hetero) is 1. The molecule has 0 saturated carbocycles. The lowest BCUT2D eigenvalue weighted by atomic mass is 9.98. The van der Waals surface area contributed by atoms with E-state index in [2.05, 4.69) is 22.6 Å². The van der Waals surface area contributed by atoms with E-state index in [0.717, 1.165) is 6.42 Å². The summed E-state index contributed by atoms with van der Waals surface area (Å²) >= 11 is 2.15. The Kier molecular flexibility index (Phi) is 4.10. The van der Waals surface area contributed by atoms with Gasteiger partial charge >= 0.3 is 5.97 Å². The van der Waals surface area contributed by atoms with Crippen molar-refractivity contribution < 1.29 is 14.3 Å². The van der Waals surface area contributed by atoms with Crippen LogP contribution in [0.15, 0.2) is 9.66 Å². The van der Waals surface area contributed by atoms with E-state index in [1.54, 1.807) is 0 Å². The van der Waals surface area contributed by atoms with Gasteiger partial charge < -0.3 is 4.74 Å². The number of rotatable bonds is 3. The fourth-order valence-electron chi connectivity index (χ4n) is 1.51. The minimum Gasteiger partial charge on any atom is -0.461 e. The average Bonchev–Trinajstić information content (AvgIpc) is 2.46. The summed E-state index contributed by atoms with van der Waals surface area (Å²) in [5.74, 6) is -0.973. The highest BCUT2D eigenvalue weighted by Gasteiger charge is 2.37. The number of hydrogen-bond acceptors (Lipinski definition) is 3. The molecule has 78 valence electrons. The zero-order valence-corrected chi connectivity index (χ0v) is 10.4. The molecule has 0 aliphatic carbocycles. The van der Waals surface area contributed by atoms with Crippen molar-refractivity contribution >= 4 is 34.3 Å². The Morgan fingerprint density at radius 1 is 1.64 bits per heavy atom. The standard InChI is InChI=1S/C10H13IO3/c1-6(5-11)3-8-4-9(7(2)12)10(13)14-8/h5,8-9H,3-4H2,1-2H3/b6-5+/t8?,9-/m1/s1. The highest BCUT2D eigenvalue weighted by Crippen LogP contribution is 2.26. The van der Waals surface area contributed by atoms with Crippen molar-refractivity contribution in [2.75, 3.05) is 0 Å². The van der Waals surface area contributed by atoms with Crippen LogP contribution >= 0.6 is 22.6 Å². The lowest BCUT2D eigenvalue weighted by Gasteiger charge is -2.07. The number of halogens is 1. The molecule has 3 nitrogen and oxygen atoms in total. The summed E-state index contributed by atoms with van der Waals surface area (Å²) in [6.45, 7) is 3.43. The molecule has 0 radical (unpaired) electrons. The molecule has 1 aliphatic heterocycles. The van der Waals surface area contributed by atoms with Crippen LogP contribution in [0.4, 0.5) is 0 Å². The van der Waals surface area contributed by atoms with Crippen LogP contribution < -0.4 is 0 Å². The van der Waals surface area contributed by atoms with Gasteiger partial charge in [-0.05, 0) is 17.9 Å². The summed E-state index contributed by atoms with van der Waals surface area (Å²) in [5, 5.41) is 0. The van der Waals surface area contributed by atoms with E-state index in [9.17, 15) is 9.59 Å². The maximum atomic E-state index is 11.2. The van der Waals surface area contributed by atoms with Gasteiger partial charge in [0.15, 0.2) is 0 Å². The van der Waals surface area contributed by atoms with Gasteiger partial charge in [-0.2, -0.15) is 0 Å². The molecule has 1 heterocycles. The summed E-state index contributed by atoms with van der Waals surface area (Å²) < 4.78 is 7.07. The zero-order chi connectivity index (χ0) is 10.7. The molecule has 4 heteroatoms. The van der Waals surface area contributed by atoms with Gasteiger partial charge in [-0.3, -0.25) is 9.59 Å². The van der Waals surface area contributed by atoms with Gasteiger partial charge in [0.25, 0.3) is 0 Å². The minimum absolute atomic E-state index is 0.0893. The fourth-order valence-corrected chi connectivity index (χ4v) is 1.77. The maximum Gasteiger partial charge on any atom is 0.316 e. The van der Waals surface area contributed by atoms with Gasteiger partial charge in [0.05, 0.1) is 0 Å². The first kappa shape index (κ1) is 11.7. The van der Waals surface area contributed by atoms with E-state index in [-0.39, 0.29) is 17.9 Å². The first-order valence-corrected chi connectivity index (χ1v) is 5.76. The summed E-state index contributed by atoms with van der Waals surface area (Å²) in [7, 11) is 0. The molecular formula is C10H13IO3. The van der Waals surface area contributed by atoms with Crippen molar-refractivity contribution in [2.45, 2.75) is 32.8 Å². The third kappa shape index (κ3) is 2.80. The number of ketones is 1. The Morgan fingerprint density at radius 2 is 2.29 bits per heavy atom. The maximum absolute atomic E-state index is 11.2. The van der Waals surface area contributed by atoms with E-state index in [1.807, 2.05) is 11.0 Å². The van der Waals surface area contributed by atoms with E-state index < -0.39 is 5.92 Å². The van der Waals surface area contributed by atoms with Crippen molar-refractivity contribution in [1.29, 1.82) is 0 Å². The lowest BCUT2D eigenvalue weighted by molar-refractivity contribution is -0.146. The number of hydrogen-bond donors (Lipinski definition) is 0. The number of carbonyl (C=O) groups excluding carboxylic acids is 2. The summed E-state index contributed by atoms with van der Waals surface area (Å²) in [6, 6.07) is 0. The van der Waals surface area contributed by atoms with Gasteiger partial charge in [-0.1, -0.05) is 28.2 Å².